The Bertz CT molecular complexity index is 3060. The summed E-state index contributed by atoms with van der Waals surface area (Å²) < 4.78 is 33.4. The summed E-state index contributed by atoms with van der Waals surface area (Å²) in [5, 5.41) is 41.4. The summed E-state index contributed by atoms with van der Waals surface area (Å²) in [6.45, 7) is 6.81. The topological polar surface area (TPSA) is 334 Å². The lowest BCUT2D eigenvalue weighted by Crippen LogP contribution is -2.31. The number of rotatable bonds is 21. The number of nitrogens with zero attached hydrogens (tertiary/aromatic N) is 6. The van der Waals surface area contributed by atoms with Crippen LogP contribution < -0.4 is 31.4 Å². The van der Waals surface area contributed by atoms with Crippen molar-refractivity contribution in [3.8, 4) is 17.2 Å². The summed E-state index contributed by atoms with van der Waals surface area (Å²) in [6.07, 6.45) is 5.87. The van der Waals surface area contributed by atoms with E-state index in [9.17, 15) is 14.4 Å². The number of carbonyl (C=O) groups is 3. The molecule has 9 rings (SSSR count). The summed E-state index contributed by atoms with van der Waals surface area (Å²) in [5.74, 6) is -1.28. The van der Waals surface area contributed by atoms with Crippen molar-refractivity contribution in [2.75, 3.05) is 13.1 Å². The number of carboxylic acid groups (broad SMARTS) is 3. The quantitative estimate of drug-likeness (QED) is 0.0389. The zero-order valence-electron chi connectivity index (χ0n) is 43.1. The van der Waals surface area contributed by atoms with E-state index in [1.54, 1.807) is 55.0 Å². The average Bonchev–Trinajstić information content (AvgIpc) is 4.24. The number of aromatic nitrogens is 6. The van der Waals surface area contributed by atoms with Gasteiger partial charge in [-0.05, 0) is 88.3 Å². The first-order valence-electron chi connectivity index (χ1n) is 24.7. The Hall–Kier alpha value is -7.92. The lowest BCUT2D eigenvalue weighted by molar-refractivity contribution is -0.138. The molecular weight excluding hydrogens is 1090 g/mol. The number of benzene rings is 3. The molecule has 9 aromatic rings. The Balaban J connectivity index is 0.000000180. The Morgan fingerprint density at radius 3 is 1.05 bits per heavy atom. The Kier molecular flexibility index (Phi) is 22.7. The molecule has 79 heavy (non-hydrogen) atoms. The van der Waals surface area contributed by atoms with Crippen molar-refractivity contribution in [2.24, 2.45) is 17.2 Å². The number of aryl methyl sites for hydroxylation is 3. The van der Waals surface area contributed by atoms with Gasteiger partial charge in [0.1, 0.15) is 35.6 Å². The largest absolute Gasteiger partial charge is 0.483 e. The first-order valence-corrected chi connectivity index (χ1v) is 25.8. The van der Waals surface area contributed by atoms with Gasteiger partial charge in [0.25, 0.3) is 0 Å². The number of pyridine rings is 3. The molecule has 24 heteroatoms. The number of carboxylic acids is 3. The normalized spacial score (nSPS) is 12.4. The van der Waals surface area contributed by atoms with Crippen molar-refractivity contribution in [1.29, 1.82) is 0 Å². The first-order chi connectivity index (χ1) is 37.9. The van der Waals surface area contributed by atoms with Crippen molar-refractivity contribution >= 4 is 85.6 Å². The summed E-state index contributed by atoms with van der Waals surface area (Å²) >= 11 is 18.9. The molecule has 0 aliphatic carbocycles. The molecule has 3 unspecified atom stereocenters. The standard InChI is InChI=1S/3C17H15ClN2O4.C4H13N3/c3*1-10(13-4-2-3-7-19-13)23-16-9-15-11(8-12(16)18)14(20-24-15)5-6-17(21)22;5-2-1-4(7)3-6/h3*2-4,7-10H,5-6H2,1H3,(H,21,22);4H,1-3,5-7H2/t;;;4-/m...1/s1. The lowest BCUT2D eigenvalue weighted by atomic mass is 10.1. The SMILES string of the molecule is CC(Oc1cc2onc(CCC(=O)O)c2cc1Cl)c1ccccn1.CC(Oc1cc2onc(CCC(=O)O)c2cc1Cl)c1ccccn1.CC(Oc1cc2onc(CCC(=O)O)c2cc1Cl)c1ccccn1.NCC[C@@H](N)CN. The molecule has 0 saturated carbocycles. The highest BCUT2D eigenvalue weighted by Gasteiger charge is 2.20. The van der Waals surface area contributed by atoms with Crippen LogP contribution in [-0.2, 0) is 33.6 Å². The van der Waals surface area contributed by atoms with Crippen LogP contribution in [0.5, 0.6) is 17.2 Å². The molecule has 0 radical (unpaired) electrons. The number of nitrogens with two attached hydrogens (primary N) is 3. The van der Waals surface area contributed by atoms with E-state index in [4.69, 9.17) is 95.1 Å². The van der Waals surface area contributed by atoms with E-state index < -0.39 is 17.9 Å². The minimum atomic E-state index is -0.888. The fourth-order valence-corrected chi connectivity index (χ4v) is 8.01. The maximum absolute atomic E-state index is 10.7. The third-order valence-corrected chi connectivity index (χ3v) is 12.5. The van der Waals surface area contributed by atoms with Crippen LogP contribution >= 0.6 is 34.8 Å². The van der Waals surface area contributed by atoms with Gasteiger partial charge < -0.3 is 60.3 Å². The van der Waals surface area contributed by atoms with E-state index in [0.29, 0.717) is 95.4 Å². The average molecular weight is 1140 g/mol. The second kappa shape index (κ2) is 29.7. The predicted octanol–water partition coefficient (Wildman–Crippen LogP) is 10.7. The van der Waals surface area contributed by atoms with E-state index in [-0.39, 0.29) is 62.9 Å². The maximum Gasteiger partial charge on any atom is 0.303 e. The van der Waals surface area contributed by atoms with Crippen LogP contribution in [-0.4, -0.2) is 82.8 Å². The molecule has 4 atom stereocenters. The fourth-order valence-electron chi connectivity index (χ4n) is 7.39. The summed E-state index contributed by atoms with van der Waals surface area (Å²) in [6, 6.07) is 26.9. The third-order valence-electron chi connectivity index (χ3n) is 11.6. The molecule has 3 aromatic carbocycles. The Morgan fingerprint density at radius 2 is 0.823 bits per heavy atom. The lowest BCUT2D eigenvalue weighted by Gasteiger charge is -2.15. The molecule has 21 nitrogen and oxygen atoms in total. The summed E-state index contributed by atoms with van der Waals surface area (Å²) in [5.41, 5.74) is 21.3. The number of hydrogen-bond acceptors (Lipinski definition) is 18. The van der Waals surface area contributed by atoms with Crippen molar-refractivity contribution in [3.05, 3.63) is 159 Å². The zero-order chi connectivity index (χ0) is 57.0. The van der Waals surface area contributed by atoms with Gasteiger partial charge in [-0.3, -0.25) is 29.3 Å². The minimum Gasteiger partial charge on any atom is -0.483 e. The van der Waals surface area contributed by atoms with Gasteiger partial charge in [0.05, 0.1) is 68.5 Å². The van der Waals surface area contributed by atoms with E-state index in [0.717, 1.165) is 23.5 Å². The molecule has 9 N–H and O–H groups in total. The number of ether oxygens (including phenoxy) is 3. The van der Waals surface area contributed by atoms with Crippen LogP contribution in [0.15, 0.2) is 123 Å². The van der Waals surface area contributed by atoms with Crippen LogP contribution in [0.2, 0.25) is 15.1 Å². The van der Waals surface area contributed by atoms with Gasteiger partial charge in [0, 0.05) is 84.8 Å². The van der Waals surface area contributed by atoms with E-state index in [1.807, 2.05) is 75.4 Å². The van der Waals surface area contributed by atoms with Gasteiger partial charge in [-0.1, -0.05) is 68.5 Å². The van der Waals surface area contributed by atoms with Crippen molar-refractivity contribution < 1.29 is 57.5 Å². The van der Waals surface area contributed by atoms with Gasteiger partial charge in [-0.2, -0.15) is 0 Å². The molecule has 0 bridgehead atoms. The summed E-state index contributed by atoms with van der Waals surface area (Å²) in [4.78, 5) is 44.8. The van der Waals surface area contributed by atoms with E-state index in [2.05, 4.69) is 30.4 Å². The van der Waals surface area contributed by atoms with Gasteiger partial charge in [-0.15, -0.1) is 0 Å². The zero-order valence-corrected chi connectivity index (χ0v) is 45.4. The molecule has 0 aliphatic heterocycles. The van der Waals surface area contributed by atoms with Crippen molar-refractivity contribution in [3.63, 3.8) is 0 Å². The highest BCUT2D eigenvalue weighted by molar-refractivity contribution is 6.33. The molecule has 0 saturated heterocycles. The fraction of sp³-hybridized carbons (Fsp3) is 0.291. The van der Waals surface area contributed by atoms with Gasteiger partial charge >= 0.3 is 17.9 Å². The molecule has 0 aliphatic rings. The third kappa shape index (κ3) is 17.8. The number of fused-ring (bicyclic) bond motifs is 3. The van der Waals surface area contributed by atoms with Gasteiger partial charge in [-0.25, -0.2) is 0 Å². The molecule has 416 valence electrons. The van der Waals surface area contributed by atoms with Gasteiger partial charge in [0.2, 0.25) is 0 Å². The first kappa shape index (κ1) is 60.3. The second-order valence-electron chi connectivity index (χ2n) is 17.5. The monoisotopic (exact) mass is 1140 g/mol. The van der Waals surface area contributed by atoms with E-state index in [1.165, 1.54) is 0 Å². The molecule has 0 fully saturated rings. The highest BCUT2D eigenvalue weighted by Crippen LogP contribution is 2.37. The Morgan fingerprint density at radius 1 is 0.519 bits per heavy atom. The molecule has 0 spiro atoms. The van der Waals surface area contributed by atoms with Crippen LogP contribution in [0, 0.1) is 0 Å². The van der Waals surface area contributed by atoms with Crippen LogP contribution in [0.4, 0.5) is 0 Å². The molecule has 0 amide bonds. The number of aliphatic carboxylic acids is 3. The second-order valence-corrected chi connectivity index (χ2v) is 18.7. The molecule has 6 heterocycles. The van der Waals surface area contributed by atoms with E-state index >= 15 is 0 Å². The number of halogens is 3. The Labute approximate surface area is 467 Å². The predicted molar refractivity (Wildman–Crippen MR) is 295 cm³/mol. The minimum absolute atomic E-state index is 0.0196. The number of hydrogen-bond donors (Lipinski definition) is 6. The van der Waals surface area contributed by atoms with Gasteiger partial charge in [0.15, 0.2) is 16.7 Å². The van der Waals surface area contributed by atoms with Crippen molar-refractivity contribution in [2.45, 2.75) is 90.1 Å². The van der Waals surface area contributed by atoms with Crippen LogP contribution in [0.1, 0.15) is 98.9 Å². The maximum atomic E-state index is 10.7. The summed E-state index contributed by atoms with van der Waals surface area (Å²) in [7, 11) is 0. The smallest absolute Gasteiger partial charge is 0.303 e. The van der Waals surface area contributed by atoms with Crippen molar-refractivity contribution in [1.82, 2.24) is 30.4 Å². The van der Waals surface area contributed by atoms with Crippen LogP contribution in [0.3, 0.4) is 0 Å². The van der Waals surface area contributed by atoms with Crippen LogP contribution in [0.25, 0.3) is 32.9 Å². The highest BCUT2D eigenvalue weighted by atomic mass is 35.5. The molecule has 6 aromatic heterocycles. The molecular formula is C55H58Cl3N9O12.